The molecule has 3 heterocycles. The van der Waals surface area contributed by atoms with E-state index in [4.69, 9.17) is 4.74 Å². The van der Waals surface area contributed by atoms with Crippen molar-refractivity contribution in [2.75, 3.05) is 37.6 Å². The Balaban J connectivity index is 1.36. The van der Waals surface area contributed by atoms with Crippen molar-refractivity contribution in [2.45, 2.75) is 64.0 Å². The molecule has 9 nitrogen and oxygen atoms in total. The van der Waals surface area contributed by atoms with Crippen molar-refractivity contribution in [3.63, 3.8) is 0 Å². The van der Waals surface area contributed by atoms with E-state index in [0.29, 0.717) is 39.0 Å². The van der Waals surface area contributed by atoms with E-state index in [-0.39, 0.29) is 48.7 Å². The van der Waals surface area contributed by atoms with Crippen LogP contribution >= 0.6 is 0 Å². The van der Waals surface area contributed by atoms with Crippen LogP contribution in [0.3, 0.4) is 0 Å². The van der Waals surface area contributed by atoms with Crippen molar-refractivity contribution < 1.29 is 32.7 Å². The van der Waals surface area contributed by atoms with Gasteiger partial charge in [-0.15, -0.1) is 0 Å². The first-order chi connectivity index (χ1) is 16.9. The fraction of sp³-hybridized carbons (Fsp3) is 0.600. The third-order valence-electron chi connectivity index (χ3n) is 6.83. The van der Waals surface area contributed by atoms with Crippen LogP contribution in [-0.2, 0) is 19.1 Å². The number of ether oxygens (including phenoxy) is 1. The fourth-order valence-electron chi connectivity index (χ4n) is 5.03. The predicted molar refractivity (Wildman–Crippen MR) is 126 cm³/mol. The second-order valence-corrected chi connectivity index (χ2v) is 10.5. The molecule has 0 radical (unpaired) electrons. The molecule has 0 aromatic heterocycles. The molecule has 1 unspecified atom stereocenters. The van der Waals surface area contributed by atoms with Crippen molar-refractivity contribution in [3.8, 4) is 0 Å². The Kier molecular flexibility index (Phi) is 7.19. The van der Waals surface area contributed by atoms with Gasteiger partial charge in [-0.05, 0) is 52.2 Å². The summed E-state index contributed by atoms with van der Waals surface area (Å²) in [6, 6.07) is 2.27. The smallest absolute Gasteiger partial charge is 0.410 e. The topological polar surface area (TPSA) is 99.3 Å². The van der Waals surface area contributed by atoms with E-state index >= 15 is 0 Å². The third kappa shape index (κ3) is 5.60. The van der Waals surface area contributed by atoms with Gasteiger partial charge in [-0.25, -0.2) is 13.6 Å². The predicted octanol–water partition coefficient (Wildman–Crippen LogP) is 2.53. The number of nitrogens with zero attached hydrogens (tertiary/aromatic N) is 3. The standard InChI is InChI=1S/C25H32F2N4O5/c1-25(2,3)36-24(35)29-8-6-15(7-9-29)31-11-10-30(14-21(31)33)16-12-18(26)22(19(27)13-16)17-4-5-20(32)28-23(17)34/h12-13,15,17H,4-11,14H2,1-3H3,(H,28,32,34). The first-order valence-corrected chi connectivity index (χ1v) is 12.3. The number of piperazine rings is 1. The van der Waals surface area contributed by atoms with Gasteiger partial charge in [-0.2, -0.15) is 0 Å². The van der Waals surface area contributed by atoms with E-state index in [2.05, 4.69) is 5.32 Å². The van der Waals surface area contributed by atoms with Crippen LogP contribution in [0.25, 0.3) is 0 Å². The summed E-state index contributed by atoms with van der Waals surface area (Å²) in [5, 5.41) is 2.12. The highest BCUT2D eigenvalue weighted by Gasteiger charge is 2.36. The van der Waals surface area contributed by atoms with Gasteiger partial charge in [0.2, 0.25) is 17.7 Å². The number of nitrogens with one attached hydrogen (secondary N) is 1. The van der Waals surface area contributed by atoms with E-state index in [0.717, 1.165) is 12.1 Å². The first kappa shape index (κ1) is 25.8. The lowest BCUT2D eigenvalue weighted by atomic mass is 9.89. The lowest BCUT2D eigenvalue weighted by Gasteiger charge is -2.43. The summed E-state index contributed by atoms with van der Waals surface area (Å²) in [6.45, 7) is 7.20. The summed E-state index contributed by atoms with van der Waals surface area (Å²) in [7, 11) is 0. The van der Waals surface area contributed by atoms with Gasteiger partial charge in [0.25, 0.3) is 0 Å². The summed E-state index contributed by atoms with van der Waals surface area (Å²) in [6.07, 6.45) is 0.970. The number of amides is 4. The van der Waals surface area contributed by atoms with Gasteiger partial charge in [0.05, 0.1) is 12.5 Å². The van der Waals surface area contributed by atoms with Crippen LogP contribution in [0.5, 0.6) is 0 Å². The van der Waals surface area contributed by atoms with Crippen LogP contribution in [0.2, 0.25) is 0 Å². The molecular weight excluding hydrogens is 474 g/mol. The molecule has 0 saturated carbocycles. The highest BCUT2D eigenvalue weighted by molar-refractivity contribution is 6.01. The number of hydrogen-bond acceptors (Lipinski definition) is 6. The molecule has 0 bridgehead atoms. The van der Waals surface area contributed by atoms with Gasteiger partial charge in [0.1, 0.15) is 17.2 Å². The maximum Gasteiger partial charge on any atom is 0.410 e. The first-order valence-electron chi connectivity index (χ1n) is 12.3. The number of carbonyl (C=O) groups excluding carboxylic acids is 4. The Morgan fingerprint density at radius 1 is 1.00 bits per heavy atom. The molecule has 36 heavy (non-hydrogen) atoms. The zero-order valence-electron chi connectivity index (χ0n) is 20.8. The fourth-order valence-corrected chi connectivity index (χ4v) is 5.03. The molecule has 0 spiro atoms. The van der Waals surface area contributed by atoms with Crippen molar-refractivity contribution in [2.24, 2.45) is 0 Å². The third-order valence-corrected chi connectivity index (χ3v) is 6.83. The van der Waals surface area contributed by atoms with Crippen LogP contribution in [0.4, 0.5) is 19.3 Å². The summed E-state index contributed by atoms with van der Waals surface area (Å²) in [5.74, 6) is -4.12. The van der Waals surface area contributed by atoms with Crippen molar-refractivity contribution in [3.05, 3.63) is 29.3 Å². The van der Waals surface area contributed by atoms with Crippen molar-refractivity contribution in [1.29, 1.82) is 0 Å². The minimum Gasteiger partial charge on any atom is -0.444 e. The molecule has 1 atom stereocenters. The number of imide groups is 1. The Bertz CT molecular complexity index is 1040. The van der Waals surface area contributed by atoms with Gasteiger partial charge in [0, 0.05) is 49.9 Å². The van der Waals surface area contributed by atoms with Crippen LogP contribution in [0.1, 0.15) is 57.9 Å². The van der Waals surface area contributed by atoms with Gasteiger partial charge in [0.15, 0.2) is 0 Å². The molecule has 3 aliphatic rings. The summed E-state index contributed by atoms with van der Waals surface area (Å²) >= 11 is 0. The zero-order valence-corrected chi connectivity index (χ0v) is 20.8. The molecule has 1 N–H and O–H groups in total. The molecule has 4 rings (SSSR count). The van der Waals surface area contributed by atoms with Gasteiger partial charge in [-0.1, -0.05) is 0 Å². The molecule has 0 aliphatic carbocycles. The highest BCUT2D eigenvalue weighted by Crippen LogP contribution is 2.33. The lowest BCUT2D eigenvalue weighted by Crippen LogP contribution is -2.57. The maximum absolute atomic E-state index is 14.9. The molecule has 3 saturated heterocycles. The normalized spacial score (nSPS) is 22.1. The number of piperidine rings is 2. The number of rotatable bonds is 3. The second-order valence-electron chi connectivity index (χ2n) is 10.5. The quantitative estimate of drug-likeness (QED) is 0.633. The largest absolute Gasteiger partial charge is 0.444 e. The van der Waals surface area contributed by atoms with Gasteiger partial charge < -0.3 is 19.4 Å². The summed E-state index contributed by atoms with van der Waals surface area (Å²) in [5.41, 5.74) is -0.696. The van der Waals surface area contributed by atoms with Crippen molar-refractivity contribution >= 4 is 29.5 Å². The average Bonchev–Trinajstić information content (AvgIpc) is 2.79. The molecule has 11 heteroatoms. The minimum atomic E-state index is -1.07. The SMILES string of the molecule is CC(C)(C)OC(=O)N1CCC(N2CCN(c3cc(F)c(C4CCC(=O)NC4=O)c(F)c3)CC2=O)CC1. The van der Waals surface area contributed by atoms with Crippen LogP contribution in [0.15, 0.2) is 12.1 Å². The second kappa shape index (κ2) is 10.0. The molecule has 196 valence electrons. The Morgan fingerprint density at radius 2 is 1.64 bits per heavy atom. The average molecular weight is 507 g/mol. The number of anilines is 1. The zero-order chi connectivity index (χ0) is 26.2. The van der Waals surface area contributed by atoms with Gasteiger partial charge in [-0.3, -0.25) is 19.7 Å². The maximum atomic E-state index is 14.9. The number of benzene rings is 1. The monoisotopic (exact) mass is 506 g/mol. The van der Waals surface area contributed by atoms with E-state index in [1.165, 1.54) is 0 Å². The number of likely N-dealkylation sites (tertiary alicyclic amines) is 1. The Morgan fingerprint density at radius 3 is 2.19 bits per heavy atom. The molecule has 4 amide bonds. The molecular formula is C25H32F2N4O5. The van der Waals surface area contributed by atoms with Crippen molar-refractivity contribution in [1.82, 2.24) is 15.1 Å². The van der Waals surface area contributed by atoms with Crippen LogP contribution in [-0.4, -0.2) is 78.0 Å². The number of hydrogen-bond donors (Lipinski definition) is 1. The van der Waals surface area contributed by atoms with Gasteiger partial charge >= 0.3 is 6.09 Å². The molecule has 1 aromatic rings. The number of halogens is 2. The van der Waals surface area contributed by atoms with E-state index in [1.807, 2.05) is 20.8 Å². The molecule has 1 aromatic carbocycles. The summed E-state index contributed by atoms with van der Waals surface area (Å²) < 4.78 is 35.3. The number of carbonyl (C=O) groups is 4. The Hall–Kier alpha value is -3.24. The summed E-state index contributed by atoms with van der Waals surface area (Å²) in [4.78, 5) is 53.7. The minimum absolute atomic E-state index is 0.0123. The van der Waals surface area contributed by atoms with Crippen LogP contribution < -0.4 is 10.2 Å². The van der Waals surface area contributed by atoms with E-state index < -0.39 is 35.0 Å². The molecule has 3 fully saturated rings. The molecule has 3 aliphatic heterocycles. The Labute approximate surface area is 208 Å². The highest BCUT2D eigenvalue weighted by atomic mass is 19.1. The van der Waals surface area contributed by atoms with Crippen LogP contribution in [0, 0.1) is 11.6 Å². The lowest BCUT2D eigenvalue weighted by molar-refractivity contribution is -0.135. The van der Waals surface area contributed by atoms with E-state index in [1.54, 1.807) is 14.7 Å². The van der Waals surface area contributed by atoms with E-state index in [9.17, 15) is 28.0 Å².